The van der Waals surface area contributed by atoms with Crippen molar-refractivity contribution in [3.05, 3.63) is 23.8 Å². The van der Waals surface area contributed by atoms with Crippen LogP contribution in [-0.2, 0) is 4.74 Å². The van der Waals surface area contributed by atoms with E-state index in [1.165, 1.54) is 12.8 Å². The lowest BCUT2D eigenvalue weighted by atomic mass is 10.00. The largest absolute Gasteiger partial charge is 0.462 e. The second kappa shape index (κ2) is 5.51. The first-order valence-corrected chi connectivity index (χ1v) is 6.89. The van der Waals surface area contributed by atoms with Crippen molar-refractivity contribution in [2.45, 2.75) is 45.1 Å². The molecular formula is C15H22N2O2. The maximum atomic E-state index is 11.8. The van der Waals surface area contributed by atoms with Crippen LogP contribution in [0.3, 0.4) is 0 Å². The van der Waals surface area contributed by atoms with E-state index in [-0.39, 0.29) is 11.5 Å². The molecule has 0 heterocycles. The van der Waals surface area contributed by atoms with Gasteiger partial charge in [0, 0.05) is 16.9 Å². The summed E-state index contributed by atoms with van der Waals surface area (Å²) in [6, 6.07) is 5.46. The Hall–Kier alpha value is -1.71. The molecule has 1 fully saturated rings. The van der Waals surface area contributed by atoms with Gasteiger partial charge in [-0.2, -0.15) is 0 Å². The number of nitrogens with two attached hydrogens (primary N) is 1. The maximum Gasteiger partial charge on any atom is 0.340 e. The topological polar surface area (TPSA) is 64.3 Å². The van der Waals surface area contributed by atoms with Gasteiger partial charge in [0.1, 0.15) is 0 Å². The minimum atomic E-state index is -0.361. The van der Waals surface area contributed by atoms with Gasteiger partial charge in [0.15, 0.2) is 0 Å². The maximum absolute atomic E-state index is 11.8. The van der Waals surface area contributed by atoms with Crippen LogP contribution in [0.4, 0.5) is 11.4 Å². The van der Waals surface area contributed by atoms with Crippen LogP contribution in [0.1, 0.15) is 49.9 Å². The molecule has 104 valence electrons. The van der Waals surface area contributed by atoms with Crippen LogP contribution in [-0.4, -0.2) is 18.1 Å². The van der Waals surface area contributed by atoms with Crippen LogP contribution in [0.15, 0.2) is 18.2 Å². The predicted octanol–water partition coefficient (Wildman–Crippen LogP) is 3.19. The van der Waals surface area contributed by atoms with E-state index in [0.717, 1.165) is 18.5 Å². The zero-order valence-electron chi connectivity index (χ0n) is 11.7. The van der Waals surface area contributed by atoms with Crippen molar-refractivity contribution in [1.82, 2.24) is 0 Å². The number of rotatable bonds is 4. The third-order valence-electron chi connectivity index (χ3n) is 3.70. The lowest BCUT2D eigenvalue weighted by molar-refractivity contribution is 0.0527. The van der Waals surface area contributed by atoms with E-state index < -0.39 is 0 Å². The van der Waals surface area contributed by atoms with Crippen molar-refractivity contribution in [3.8, 4) is 0 Å². The van der Waals surface area contributed by atoms with Gasteiger partial charge < -0.3 is 15.8 Å². The fourth-order valence-electron chi connectivity index (χ4n) is 2.65. The standard InChI is InChI=1S/C15H22N2O2/c1-3-19-14(18)12-10-11(6-7-13(12)16)17-15(2)8-4-5-9-15/h6-7,10,17H,3-5,8-9,16H2,1-2H3. The Balaban J connectivity index is 2.18. The van der Waals surface area contributed by atoms with E-state index in [1.54, 1.807) is 19.1 Å². The van der Waals surface area contributed by atoms with Gasteiger partial charge in [0.25, 0.3) is 0 Å². The van der Waals surface area contributed by atoms with Crippen LogP contribution in [0.5, 0.6) is 0 Å². The summed E-state index contributed by atoms with van der Waals surface area (Å²) in [6.07, 6.45) is 4.82. The monoisotopic (exact) mass is 262 g/mol. The molecule has 2 rings (SSSR count). The average molecular weight is 262 g/mol. The Kier molecular flexibility index (Phi) is 3.98. The molecule has 1 aliphatic carbocycles. The number of anilines is 2. The van der Waals surface area contributed by atoms with Gasteiger partial charge in [0.2, 0.25) is 0 Å². The van der Waals surface area contributed by atoms with Crippen LogP contribution >= 0.6 is 0 Å². The zero-order chi connectivity index (χ0) is 13.9. The lowest BCUT2D eigenvalue weighted by Crippen LogP contribution is -2.30. The second-order valence-corrected chi connectivity index (χ2v) is 5.42. The highest BCUT2D eigenvalue weighted by Crippen LogP contribution is 2.33. The first kappa shape index (κ1) is 13.7. The van der Waals surface area contributed by atoms with Crippen molar-refractivity contribution < 1.29 is 9.53 Å². The smallest absolute Gasteiger partial charge is 0.340 e. The second-order valence-electron chi connectivity index (χ2n) is 5.42. The first-order valence-electron chi connectivity index (χ1n) is 6.89. The molecule has 4 nitrogen and oxygen atoms in total. The summed E-state index contributed by atoms with van der Waals surface area (Å²) in [7, 11) is 0. The molecule has 0 spiro atoms. The van der Waals surface area contributed by atoms with Gasteiger partial charge in [0.05, 0.1) is 12.2 Å². The number of nitrogen functional groups attached to an aromatic ring is 1. The predicted molar refractivity (Wildman–Crippen MR) is 77.3 cm³/mol. The quantitative estimate of drug-likeness (QED) is 0.646. The first-order chi connectivity index (χ1) is 9.04. The molecule has 4 heteroatoms. The molecule has 0 saturated heterocycles. The number of nitrogens with one attached hydrogen (secondary N) is 1. The third kappa shape index (κ3) is 3.19. The van der Waals surface area contributed by atoms with Crippen molar-refractivity contribution in [2.75, 3.05) is 17.7 Å². The van der Waals surface area contributed by atoms with Gasteiger partial charge in [-0.25, -0.2) is 4.79 Å². The fourth-order valence-corrected chi connectivity index (χ4v) is 2.65. The molecule has 0 unspecified atom stereocenters. The van der Waals surface area contributed by atoms with Crippen molar-refractivity contribution in [3.63, 3.8) is 0 Å². The Morgan fingerprint density at radius 3 is 2.74 bits per heavy atom. The van der Waals surface area contributed by atoms with Crippen LogP contribution in [0.25, 0.3) is 0 Å². The molecular weight excluding hydrogens is 240 g/mol. The van der Waals surface area contributed by atoms with Crippen LogP contribution in [0.2, 0.25) is 0 Å². The molecule has 0 amide bonds. The summed E-state index contributed by atoms with van der Waals surface area (Å²) >= 11 is 0. The number of hydrogen-bond acceptors (Lipinski definition) is 4. The highest BCUT2D eigenvalue weighted by Gasteiger charge is 2.28. The number of hydrogen-bond donors (Lipinski definition) is 2. The zero-order valence-corrected chi connectivity index (χ0v) is 11.7. The van der Waals surface area contributed by atoms with E-state index in [9.17, 15) is 4.79 Å². The summed E-state index contributed by atoms with van der Waals surface area (Å²) in [5.74, 6) is -0.361. The Morgan fingerprint density at radius 1 is 1.42 bits per heavy atom. The van der Waals surface area contributed by atoms with E-state index in [2.05, 4.69) is 12.2 Å². The van der Waals surface area contributed by atoms with Crippen molar-refractivity contribution in [1.29, 1.82) is 0 Å². The summed E-state index contributed by atoms with van der Waals surface area (Å²) in [5.41, 5.74) is 7.79. The Morgan fingerprint density at radius 2 is 2.11 bits per heavy atom. The third-order valence-corrected chi connectivity index (χ3v) is 3.70. The normalized spacial score (nSPS) is 17.2. The van der Waals surface area contributed by atoms with E-state index in [0.29, 0.717) is 17.9 Å². The van der Waals surface area contributed by atoms with Gasteiger partial charge in [-0.15, -0.1) is 0 Å². The molecule has 0 aliphatic heterocycles. The van der Waals surface area contributed by atoms with Crippen molar-refractivity contribution in [2.24, 2.45) is 0 Å². The molecule has 3 N–H and O–H groups in total. The summed E-state index contributed by atoms with van der Waals surface area (Å²) in [4.78, 5) is 11.8. The summed E-state index contributed by atoms with van der Waals surface area (Å²) < 4.78 is 5.01. The Bertz CT molecular complexity index is 465. The molecule has 19 heavy (non-hydrogen) atoms. The molecule has 0 radical (unpaired) electrons. The summed E-state index contributed by atoms with van der Waals surface area (Å²) in [5, 5.41) is 3.52. The van der Waals surface area contributed by atoms with E-state index in [1.807, 2.05) is 6.07 Å². The number of ether oxygens (including phenoxy) is 1. The van der Waals surface area contributed by atoms with Gasteiger partial charge in [-0.1, -0.05) is 12.8 Å². The SMILES string of the molecule is CCOC(=O)c1cc(NC2(C)CCCC2)ccc1N. The van der Waals surface area contributed by atoms with Crippen LogP contribution in [0, 0.1) is 0 Å². The number of esters is 1. The lowest BCUT2D eigenvalue weighted by Gasteiger charge is -2.27. The average Bonchev–Trinajstić information content (AvgIpc) is 2.79. The number of carbonyl (C=O) groups is 1. The minimum Gasteiger partial charge on any atom is -0.462 e. The molecule has 1 aromatic rings. The van der Waals surface area contributed by atoms with Crippen molar-refractivity contribution >= 4 is 17.3 Å². The Labute approximate surface area is 114 Å². The molecule has 0 atom stereocenters. The molecule has 1 aliphatic rings. The molecule has 1 saturated carbocycles. The number of benzene rings is 1. The van der Waals surface area contributed by atoms with E-state index >= 15 is 0 Å². The fraction of sp³-hybridized carbons (Fsp3) is 0.533. The van der Waals surface area contributed by atoms with E-state index in [4.69, 9.17) is 10.5 Å². The summed E-state index contributed by atoms with van der Waals surface area (Å²) in [6.45, 7) is 4.36. The van der Waals surface area contributed by atoms with Gasteiger partial charge in [-0.3, -0.25) is 0 Å². The van der Waals surface area contributed by atoms with Gasteiger partial charge >= 0.3 is 5.97 Å². The highest BCUT2D eigenvalue weighted by molar-refractivity contribution is 5.96. The number of carbonyl (C=O) groups excluding carboxylic acids is 1. The van der Waals surface area contributed by atoms with Gasteiger partial charge in [-0.05, 0) is 44.9 Å². The molecule has 1 aromatic carbocycles. The van der Waals surface area contributed by atoms with Crippen LogP contribution < -0.4 is 11.1 Å². The highest BCUT2D eigenvalue weighted by atomic mass is 16.5. The minimum absolute atomic E-state index is 0.127. The molecule has 0 aromatic heterocycles. The molecule has 0 bridgehead atoms.